The molecule has 2 heterocycles. The molecular weight excluding hydrogens is 314 g/mol. The van der Waals surface area contributed by atoms with Gasteiger partial charge in [0.1, 0.15) is 5.58 Å². The highest BCUT2D eigenvalue weighted by Crippen LogP contribution is 2.23. The maximum Gasteiger partial charge on any atom is 0.336 e. The maximum absolute atomic E-state index is 12.2. The molecular formula is C17H13NO4S. The zero-order chi connectivity index (χ0) is 16.6. The normalized spacial score (nSPS) is 10.7. The van der Waals surface area contributed by atoms with Crippen molar-refractivity contribution in [1.29, 1.82) is 0 Å². The molecule has 0 unspecified atom stereocenters. The van der Waals surface area contributed by atoms with E-state index < -0.39 is 5.63 Å². The molecule has 0 saturated carbocycles. The molecule has 2 aromatic heterocycles. The number of fused-ring (bicyclic) bond motifs is 1. The topological polar surface area (TPSA) is 76.4 Å². The molecule has 0 aliphatic rings. The molecule has 0 aliphatic heterocycles. The molecule has 23 heavy (non-hydrogen) atoms. The van der Waals surface area contributed by atoms with Crippen LogP contribution in [-0.4, -0.2) is 11.7 Å². The quantitative estimate of drug-likeness (QED) is 0.589. The average Bonchev–Trinajstić information content (AvgIpc) is 2.96. The largest absolute Gasteiger partial charge is 0.423 e. The highest BCUT2D eigenvalue weighted by Gasteiger charge is 2.12. The number of carbonyl (C=O) groups excluding carboxylic acids is 2. The molecule has 116 valence electrons. The summed E-state index contributed by atoms with van der Waals surface area (Å²) < 4.78 is 5.16. The fraction of sp³-hybridized carbons (Fsp3) is 0.118. The van der Waals surface area contributed by atoms with Crippen molar-refractivity contribution in [2.45, 2.75) is 13.8 Å². The number of anilines is 1. The van der Waals surface area contributed by atoms with Crippen molar-refractivity contribution in [1.82, 2.24) is 0 Å². The van der Waals surface area contributed by atoms with Gasteiger partial charge in [-0.05, 0) is 43.7 Å². The summed E-state index contributed by atoms with van der Waals surface area (Å²) in [6.45, 7) is 3.29. The summed E-state index contributed by atoms with van der Waals surface area (Å²) in [6, 6.07) is 9.81. The van der Waals surface area contributed by atoms with E-state index in [1.807, 2.05) is 6.92 Å². The van der Waals surface area contributed by atoms with Crippen molar-refractivity contribution >= 4 is 39.7 Å². The van der Waals surface area contributed by atoms with Crippen LogP contribution in [0.15, 0.2) is 45.6 Å². The first kappa shape index (κ1) is 15.2. The SMILES string of the molecule is CC(=O)c1ccc(C(=O)Nc2ccc3c(C)cc(=O)oc3c2)s1. The number of aryl methyl sites for hydroxylation is 1. The summed E-state index contributed by atoms with van der Waals surface area (Å²) in [4.78, 5) is 35.9. The van der Waals surface area contributed by atoms with Gasteiger partial charge in [0.2, 0.25) is 0 Å². The van der Waals surface area contributed by atoms with E-state index in [1.165, 1.54) is 13.0 Å². The Morgan fingerprint density at radius 3 is 2.52 bits per heavy atom. The Morgan fingerprint density at radius 2 is 1.83 bits per heavy atom. The van der Waals surface area contributed by atoms with Crippen molar-refractivity contribution in [3.8, 4) is 0 Å². The number of hydrogen-bond donors (Lipinski definition) is 1. The van der Waals surface area contributed by atoms with E-state index >= 15 is 0 Å². The fourth-order valence-electron chi connectivity index (χ4n) is 2.24. The van der Waals surface area contributed by atoms with E-state index in [2.05, 4.69) is 5.32 Å². The summed E-state index contributed by atoms with van der Waals surface area (Å²) in [5, 5.41) is 3.56. The van der Waals surface area contributed by atoms with Crippen LogP contribution in [0.2, 0.25) is 0 Å². The van der Waals surface area contributed by atoms with Gasteiger partial charge in [0.05, 0.1) is 9.75 Å². The van der Waals surface area contributed by atoms with Gasteiger partial charge in [-0.3, -0.25) is 9.59 Å². The van der Waals surface area contributed by atoms with Gasteiger partial charge in [-0.1, -0.05) is 0 Å². The summed E-state index contributed by atoms with van der Waals surface area (Å²) in [7, 11) is 0. The first-order valence-corrected chi connectivity index (χ1v) is 7.72. The van der Waals surface area contributed by atoms with Gasteiger partial charge in [0, 0.05) is 23.2 Å². The molecule has 0 atom stereocenters. The van der Waals surface area contributed by atoms with E-state index in [9.17, 15) is 14.4 Å². The number of amides is 1. The van der Waals surface area contributed by atoms with Crippen LogP contribution in [0.3, 0.4) is 0 Å². The Kier molecular flexibility index (Phi) is 3.83. The van der Waals surface area contributed by atoms with Crippen molar-refractivity contribution in [2.24, 2.45) is 0 Å². The molecule has 0 aliphatic carbocycles. The van der Waals surface area contributed by atoms with E-state index in [0.717, 1.165) is 22.3 Å². The van der Waals surface area contributed by atoms with Gasteiger partial charge in [0.25, 0.3) is 5.91 Å². The molecule has 1 amide bonds. The Balaban J connectivity index is 1.90. The van der Waals surface area contributed by atoms with Crippen LogP contribution < -0.4 is 10.9 Å². The Bertz CT molecular complexity index is 984. The van der Waals surface area contributed by atoms with E-state index in [-0.39, 0.29) is 11.7 Å². The zero-order valence-corrected chi connectivity index (χ0v) is 13.3. The summed E-state index contributed by atoms with van der Waals surface area (Å²) >= 11 is 1.14. The van der Waals surface area contributed by atoms with Crippen molar-refractivity contribution in [2.75, 3.05) is 5.32 Å². The highest BCUT2D eigenvalue weighted by molar-refractivity contribution is 7.16. The molecule has 0 radical (unpaired) electrons. The fourth-order valence-corrected chi connectivity index (χ4v) is 3.04. The number of nitrogens with one attached hydrogen (secondary N) is 1. The lowest BCUT2D eigenvalue weighted by molar-refractivity contribution is 0.101. The van der Waals surface area contributed by atoms with Crippen LogP contribution in [0.4, 0.5) is 5.69 Å². The van der Waals surface area contributed by atoms with Gasteiger partial charge >= 0.3 is 5.63 Å². The zero-order valence-electron chi connectivity index (χ0n) is 12.5. The first-order valence-electron chi connectivity index (χ1n) is 6.90. The number of carbonyl (C=O) groups is 2. The molecule has 6 heteroatoms. The lowest BCUT2D eigenvalue weighted by Gasteiger charge is -2.06. The van der Waals surface area contributed by atoms with Crippen molar-refractivity contribution in [3.63, 3.8) is 0 Å². The van der Waals surface area contributed by atoms with Crippen LogP contribution in [0.25, 0.3) is 11.0 Å². The number of rotatable bonds is 3. The maximum atomic E-state index is 12.2. The van der Waals surface area contributed by atoms with Crippen molar-refractivity contribution < 1.29 is 14.0 Å². The van der Waals surface area contributed by atoms with Gasteiger partial charge < -0.3 is 9.73 Å². The molecule has 3 aromatic rings. The van der Waals surface area contributed by atoms with Crippen LogP contribution in [0, 0.1) is 6.92 Å². The molecule has 3 rings (SSSR count). The van der Waals surface area contributed by atoms with Crippen LogP contribution in [0.1, 0.15) is 31.8 Å². The van der Waals surface area contributed by atoms with Gasteiger partial charge in [-0.2, -0.15) is 0 Å². The number of thiophene rings is 1. The minimum absolute atomic E-state index is 0.0722. The third kappa shape index (κ3) is 3.07. The summed E-state index contributed by atoms with van der Waals surface area (Å²) in [5.41, 5.74) is 1.33. The van der Waals surface area contributed by atoms with Gasteiger partial charge in [-0.25, -0.2) is 4.79 Å². The molecule has 1 N–H and O–H groups in total. The van der Waals surface area contributed by atoms with Gasteiger partial charge in [0.15, 0.2) is 5.78 Å². The number of Topliss-reactive ketones (excluding diaryl/α,β-unsaturated/α-hetero) is 1. The number of hydrogen-bond acceptors (Lipinski definition) is 5. The smallest absolute Gasteiger partial charge is 0.336 e. The molecule has 0 bridgehead atoms. The highest BCUT2D eigenvalue weighted by atomic mass is 32.1. The minimum atomic E-state index is -0.428. The van der Waals surface area contributed by atoms with E-state index in [4.69, 9.17) is 4.42 Å². The molecule has 5 nitrogen and oxygen atoms in total. The summed E-state index contributed by atoms with van der Waals surface area (Å²) in [6.07, 6.45) is 0. The third-order valence-electron chi connectivity index (χ3n) is 3.39. The first-order chi connectivity index (χ1) is 10.9. The Labute approximate surface area is 135 Å². The third-order valence-corrected chi connectivity index (χ3v) is 4.57. The van der Waals surface area contributed by atoms with Crippen LogP contribution >= 0.6 is 11.3 Å². The predicted octanol–water partition coefficient (Wildman–Crippen LogP) is 3.62. The Hall–Kier alpha value is -2.73. The Morgan fingerprint density at radius 1 is 1.09 bits per heavy atom. The molecule has 0 fully saturated rings. The van der Waals surface area contributed by atoms with Crippen LogP contribution in [0.5, 0.6) is 0 Å². The predicted molar refractivity (Wildman–Crippen MR) is 89.5 cm³/mol. The molecule has 1 aromatic carbocycles. The van der Waals surface area contributed by atoms with Crippen LogP contribution in [-0.2, 0) is 0 Å². The van der Waals surface area contributed by atoms with E-state index in [1.54, 1.807) is 30.3 Å². The standard InChI is InChI=1S/C17H13NO4S/c1-9-7-16(20)22-13-8-11(3-4-12(9)13)18-17(21)15-6-5-14(23-15)10(2)19/h3-8H,1-2H3,(H,18,21). The lowest BCUT2D eigenvalue weighted by Crippen LogP contribution is -2.10. The lowest BCUT2D eigenvalue weighted by atomic mass is 10.1. The number of ketones is 1. The second kappa shape index (κ2) is 5.81. The number of benzene rings is 1. The average molecular weight is 327 g/mol. The van der Waals surface area contributed by atoms with Gasteiger partial charge in [-0.15, -0.1) is 11.3 Å². The van der Waals surface area contributed by atoms with Crippen molar-refractivity contribution in [3.05, 3.63) is 62.1 Å². The second-order valence-corrected chi connectivity index (χ2v) is 6.22. The summed E-state index contributed by atoms with van der Waals surface area (Å²) in [5.74, 6) is -0.381. The minimum Gasteiger partial charge on any atom is -0.423 e. The molecule has 0 saturated heterocycles. The van der Waals surface area contributed by atoms with E-state index in [0.29, 0.717) is 21.0 Å². The molecule has 0 spiro atoms. The monoisotopic (exact) mass is 327 g/mol. The second-order valence-electron chi connectivity index (χ2n) is 5.13.